The van der Waals surface area contributed by atoms with Gasteiger partial charge in [0.05, 0.1) is 17.4 Å². The molecule has 1 aliphatic rings. The van der Waals surface area contributed by atoms with Gasteiger partial charge in [-0.1, -0.05) is 36.4 Å². The summed E-state index contributed by atoms with van der Waals surface area (Å²) in [6.07, 6.45) is 1.74. The standard InChI is InChI=1S/C22H16N2O3/c1-24-13-23-17-12-14(10-11-18(17)24)26-22(25)21-15-6-2-4-8-19(15)27-20-9-5-3-7-16(20)21/h2-13,21H,1H3. The molecule has 0 radical (unpaired) electrons. The number of aryl methyl sites for hydroxylation is 1. The van der Waals surface area contributed by atoms with Crippen LogP contribution in [0.15, 0.2) is 73.1 Å². The van der Waals surface area contributed by atoms with Gasteiger partial charge in [0.1, 0.15) is 23.2 Å². The third-order valence-corrected chi connectivity index (χ3v) is 4.83. The molecular weight excluding hydrogens is 340 g/mol. The molecule has 0 spiro atoms. The molecule has 0 atom stereocenters. The van der Waals surface area contributed by atoms with Crippen LogP contribution in [0.3, 0.4) is 0 Å². The van der Waals surface area contributed by atoms with Crippen molar-refractivity contribution < 1.29 is 14.3 Å². The van der Waals surface area contributed by atoms with Gasteiger partial charge in [0.2, 0.25) is 0 Å². The maximum atomic E-state index is 13.1. The highest BCUT2D eigenvalue weighted by molar-refractivity contribution is 5.87. The third-order valence-electron chi connectivity index (χ3n) is 4.83. The quantitative estimate of drug-likeness (QED) is 0.394. The lowest BCUT2D eigenvalue weighted by Crippen LogP contribution is -2.23. The van der Waals surface area contributed by atoms with Crippen molar-refractivity contribution >= 4 is 17.0 Å². The summed E-state index contributed by atoms with van der Waals surface area (Å²) in [6, 6.07) is 20.6. The predicted molar refractivity (Wildman–Crippen MR) is 101 cm³/mol. The zero-order valence-electron chi connectivity index (χ0n) is 14.6. The highest BCUT2D eigenvalue weighted by atomic mass is 16.5. The molecule has 0 amide bonds. The van der Waals surface area contributed by atoms with E-state index in [4.69, 9.17) is 9.47 Å². The average molecular weight is 356 g/mol. The molecule has 0 bridgehead atoms. The number of imidazole rings is 1. The predicted octanol–water partition coefficient (Wildman–Crippen LogP) is 4.42. The highest BCUT2D eigenvalue weighted by Gasteiger charge is 2.33. The molecule has 3 aromatic carbocycles. The summed E-state index contributed by atoms with van der Waals surface area (Å²) in [5.41, 5.74) is 3.38. The molecule has 0 aliphatic carbocycles. The minimum atomic E-state index is -0.537. The molecule has 5 rings (SSSR count). The minimum absolute atomic E-state index is 0.339. The van der Waals surface area contributed by atoms with Crippen molar-refractivity contribution in [2.45, 2.75) is 5.92 Å². The Morgan fingerprint density at radius 3 is 2.37 bits per heavy atom. The van der Waals surface area contributed by atoms with Crippen LogP contribution >= 0.6 is 0 Å². The molecule has 5 heteroatoms. The van der Waals surface area contributed by atoms with Gasteiger partial charge in [-0.25, -0.2) is 4.98 Å². The van der Waals surface area contributed by atoms with Crippen molar-refractivity contribution in [3.63, 3.8) is 0 Å². The number of carbonyl (C=O) groups is 1. The fourth-order valence-electron chi connectivity index (χ4n) is 3.52. The van der Waals surface area contributed by atoms with Gasteiger partial charge in [-0.3, -0.25) is 4.79 Å². The van der Waals surface area contributed by atoms with E-state index in [1.54, 1.807) is 18.5 Å². The number of hydrogen-bond acceptors (Lipinski definition) is 4. The lowest BCUT2D eigenvalue weighted by atomic mass is 9.88. The molecule has 0 fully saturated rings. The number of rotatable bonds is 2. The molecule has 27 heavy (non-hydrogen) atoms. The first-order valence-corrected chi connectivity index (χ1v) is 8.69. The van der Waals surface area contributed by atoms with Gasteiger partial charge in [0.15, 0.2) is 0 Å². The summed E-state index contributed by atoms with van der Waals surface area (Å²) in [4.78, 5) is 17.5. The van der Waals surface area contributed by atoms with Crippen LogP contribution in [0.5, 0.6) is 17.2 Å². The first-order valence-electron chi connectivity index (χ1n) is 8.69. The Labute approximate surface area is 155 Å². The summed E-state index contributed by atoms with van der Waals surface area (Å²) in [5.74, 6) is 0.961. The molecule has 1 aromatic heterocycles. The Morgan fingerprint density at radius 1 is 1.00 bits per heavy atom. The van der Waals surface area contributed by atoms with Gasteiger partial charge in [-0.2, -0.15) is 0 Å². The van der Waals surface area contributed by atoms with Gasteiger partial charge >= 0.3 is 5.97 Å². The first-order chi connectivity index (χ1) is 13.2. The van der Waals surface area contributed by atoms with Crippen LogP contribution in [-0.4, -0.2) is 15.5 Å². The van der Waals surface area contributed by atoms with Crippen molar-refractivity contribution in [2.75, 3.05) is 0 Å². The maximum absolute atomic E-state index is 13.1. The van der Waals surface area contributed by atoms with Crippen LogP contribution in [0.2, 0.25) is 0 Å². The second kappa shape index (κ2) is 5.99. The number of fused-ring (bicyclic) bond motifs is 3. The SMILES string of the molecule is Cn1cnc2cc(OC(=O)C3c4ccccc4Oc4ccccc43)ccc21. The van der Waals surface area contributed by atoms with Crippen molar-refractivity contribution in [1.82, 2.24) is 9.55 Å². The molecule has 2 heterocycles. The van der Waals surface area contributed by atoms with Crippen LogP contribution in [0, 0.1) is 0 Å². The summed E-state index contributed by atoms with van der Waals surface area (Å²) >= 11 is 0. The van der Waals surface area contributed by atoms with E-state index in [0.717, 1.165) is 22.2 Å². The Kier molecular flexibility index (Phi) is 3.47. The van der Waals surface area contributed by atoms with Gasteiger partial charge in [0.25, 0.3) is 0 Å². The number of benzene rings is 3. The van der Waals surface area contributed by atoms with Crippen molar-refractivity contribution in [3.8, 4) is 17.2 Å². The summed E-state index contributed by atoms with van der Waals surface area (Å²) in [5, 5.41) is 0. The summed E-state index contributed by atoms with van der Waals surface area (Å²) < 4.78 is 13.6. The number of esters is 1. The summed E-state index contributed by atoms with van der Waals surface area (Å²) in [7, 11) is 1.93. The second-order valence-corrected chi connectivity index (χ2v) is 6.54. The van der Waals surface area contributed by atoms with Gasteiger partial charge in [-0.15, -0.1) is 0 Å². The zero-order chi connectivity index (χ0) is 18.4. The fourth-order valence-corrected chi connectivity index (χ4v) is 3.52. The molecule has 4 aromatic rings. The number of carbonyl (C=O) groups excluding carboxylic acids is 1. The van der Waals surface area contributed by atoms with Gasteiger partial charge < -0.3 is 14.0 Å². The monoisotopic (exact) mass is 356 g/mol. The van der Waals surface area contributed by atoms with E-state index in [1.807, 2.05) is 66.2 Å². The molecular formula is C22H16N2O3. The lowest BCUT2D eigenvalue weighted by molar-refractivity contribution is -0.135. The van der Waals surface area contributed by atoms with E-state index in [1.165, 1.54) is 0 Å². The van der Waals surface area contributed by atoms with E-state index in [-0.39, 0.29) is 5.97 Å². The summed E-state index contributed by atoms with van der Waals surface area (Å²) in [6.45, 7) is 0. The van der Waals surface area contributed by atoms with Crippen molar-refractivity contribution in [1.29, 1.82) is 0 Å². The van der Waals surface area contributed by atoms with E-state index in [9.17, 15) is 4.79 Å². The van der Waals surface area contributed by atoms with Crippen molar-refractivity contribution in [3.05, 3.63) is 84.2 Å². The number of ether oxygens (including phenoxy) is 2. The smallest absolute Gasteiger partial charge is 0.323 e. The third kappa shape index (κ3) is 2.56. The van der Waals surface area contributed by atoms with Crippen LogP contribution in [0.1, 0.15) is 17.0 Å². The van der Waals surface area contributed by atoms with Gasteiger partial charge in [0, 0.05) is 24.2 Å². The Hall–Kier alpha value is -3.60. The average Bonchev–Trinajstić information content (AvgIpc) is 3.06. The van der Waals surface area contributed by atoms with E-state index in [2.05, 4.69) is 4.98 Å². The maximum Gasteiger partial charge on any atom is 0.323 e. The Morgan fingerprint density at radius 2 is 1.67 bits per heavy atom. The second-order valence-electron chi connectivity index (χ2n) is 6.54. The molecule has 0 unspecified atom stereocenters. The van der Waals surface area contributed by atoms with Crippen LogP contribution < -0.4 is 9.47 Å². The topological polar surface area (TPSA) is 53.4 Å². The van der Waals surface area contributed by atoms with Crippen LogP contribution in [0.4, 0.5) is 0 Å². The largest absolute Gasteiger partial charge is 0.457 e. The van der Waals surface area contributed by atoms with E-state index < -0.39 is 5.92 Å². The normalized spacial score (nSPS) is 12.9. The Balaban J connectivity index is 1.54. The van der Waals surface area contributed by atoms with Crippen molar-refractivity contribution in [2.24, 2.45) is 7.05 Å². The zero-order valence-corrected chi connectivity index (χ0v) is 14.6. The molecule has 0 N–H and O–H groups in total. The first kappa shape index (κ1) is 15.6. The molecule has 0 saturated carbocycles. The molecule has 132 valence electrons. The number of hydrogen-bond donors (Lipinski definition) is 0. The molecule has 0 saturated heterocycles. The van der Waals surface area contributed by atoms with Gasteiger partial charge in [-0.05, 0) is 24.3 Å². The van der Waals surface area contributed by atoms with Crippen LogP contribution in [-0.2, 0) is 11.8 Å². The molecule has 5 nitrogen and oxygen atoms in total. The van der Waals surface area contributed by atoms with E-state index in [0.29, 0.717) is 17.2 Å². The Bertz CT molecular complexity index is 1130. The number of aromatic nitrogens is 2. The highest BCUT2D eigenvalue weighted by Crippen LogP contribution is 2.44. The lowest BCUT2D eigenvalue weighted by Gasteiger charge is -2.26. The van der Waals surface area contributed by atoms with Crippen LogP contribution in [0.25, 0.3) is 11.0 Å². The fraction of sp³-hybridized carbons (Fsp3) is 0.0909. The minimum Gasteiger partial charge on any atom is -0.457 e. The number of para-hydroxylation sites is 2. The van der Waals surface area contributed by atoms with E-state index >= 15 is 0 Å². The molecule has 1 aliphatic heterocycles. The number of nitrogens with zero attached hydrogens (tertiary/aromatic N) is 2.